The van der Waals surface area contributed by atoms with Crippen LogP contribution in [-0.2, 0) is 13.1 Å². The van der Waals surface area contributed by atoms with Crippen molar-refractivity contribution in [2.24, 2.45) is 0 Å². The van der Waals surface area contributed by atoms with E-state index in [0.29, 0.717) is 5.28 Å². The van der Waals surface area contributed by atoms with E-state index in [-0.39, 0.29) is 0 Å². The molecule has 0 bridgehead atoms. The van der Waals surface area contributed by atoms with Gasteiger partial charge in [-0.3, -0.25) is 0 Å². The number of nitrogens with one attached hydrogen (secondary N) is 1. The average Bonchev–Trinajstić information content (AvgIpc) is 2.25. The van der Waals surface area contributed by atoms with E-state index in [1.165, 1.54) is 5.69 Å². The molecule has 0 unspecified atom stereocenters. The fraction of sp³-hybridized carbons (Fsp3) is 0.571. The molecule has 1 N–H and O–H groups in total. The van der Waals surface area contributed by atoms with Gasteiger partial charge >= 0.3 is 0 Å². The van der Waals surface area contributed by atoms with E-state index >= 15 is 0 Å². The number of rotatable bonds is 0. The lowest BCUT2D eigenvalue weighted by Gasteiger charge is -2.01. The van der Waals surface area contributed by atoms with Gasteiger partial charge in [-0.25, -0.2) is 4.98 Å². The Morgan fingerprint density at radius 3 is 3.45 bits per heavy atom. The normalized spacial score (nSPS) is 17.5. The van der Waals surface area contributed by atoms with Gasteiger partial charge in [0.1, 0.15) is 0 Å². The van der Waals surface area contributed by atoms with Gasteiger partial charge in [-0.2, -0.15) is 0 Å². The Bertz CT molecular complexity index is 256. The third-order valence-corrected chi connectivity index (χ3v) is 2.23. The minimum Gasteiger partial charge on any atom is -0.318 e. The molecule has 4 heteroatoms. The SMILES string of the molecule is Clc1ncc2n1CCCNC2. The number of halogens is 1. The predicted octanol–water partition coefficient (Wildman–Crippen LogP) is 1.03. The Morgan fingerprint density at radius 1 is 1.64 bits per heavy atom. The Balaban J connectivity index is 2.35. The maximum atomic E-state index is 5.85. The summed E-state index contributed by atoms with van der Waals surface area (Å²) in [6.45, 7) is 2.94. The van der Waals surface area contributed by atoms with Crippen molar-refractivity contribution in [2.75, 3.05) is 6.54 Å². The first kappa shape index (κ1) is 7.13. The Labute approximate surface area is 70.4 Å². The van der Waals surface area contributed by atoms with E-state index in [9.17, 15) is 0 Å². The van der Waals surface area contributed by atoms with Crippen molar-refractivity contribution in [3.05, 3.63) is 17.2 Å². The molecule has 11 heavy (non-hydrogen) atoms. The van der Waals surface area contributed by atoms with E-state index in [2.05, 4.69) is 14.9 Å². The molecule has 0 spiro atoms. The van der Waals surface area contributed by atoms with E-state index < -0.39 is 0 Å². The number of hydrogen-bond donors (Lipinski definition) is 1. The van der Waals surface area contributed by atoms with Gasteiger partial charge in [0.05, 0.1) is 11.9 Å². The highest BCUT2D eigenvalue weighted by atomic mass is 35.5. The summed E-state index contributed by atoms with van der Waals surface area (Å²) in [6, 6.07) is 0. The highest BCUT2D eigenvalue weighted by Crippen LogP contribution is 2.13. The first-order chi connectivity index (χ1) is 5.38. The highest BCUT2D eigenvalue weighted by Gasteiger charge is 2.09. The Morgan fingerprint density at radius 2 is 2.55 bits per heavy atom. The lowest BCUT2D eigenvalue weighted by Crippen LogP contribution is -2.11. The van der Waals surface area contributed by atoms with Gasteiger partial charge in [-0.05, 0) is 24.6 Å². The van der Waals surface area contributed by atoms with E-state index in [1.54, 1.807) is 0 Å². The van der Waals surface area contributed by atoms with Crippen LogP contribution in [0.5, 0.6) is 0 Å². The molecule has 1 aliphatic rings. The molecular formula is C7H10ClN3. The molecule has 1 aromatic rings. The quantitative estimate of drug-likeness (QED) is 0.632. The molecule has 2 heterocycles. The van der Waals surface area contributed by atoms with Crippen LogP contribution in [0, 0.1) is 0 Å². The summed E-state index contributed by atoms with van der Waals surface area (Å²) < 4.78 is 2.06. The second-order valence-electron chi connectivity index (χ2n) is 2.70. The zero-order chi connectivity index (χ0) is 7.68. The third-order valence-electron chi connectivity index (χ3n) is 1.93. The van der Waals surface area contributed by atoms with Crippen LogP contribution >= 0.6 is 11.6 Å². The number of hydrogen-bond acceptors (Lipinski definition) is 2. The number of fused-ring (bicyclic) bond motifs is 1. The van der Waals surface area contributed by atoms with Crippen molar-refractivity contribution in [2.45, 2.75) is 19.5 Å². The summed E-state index contributed by atoms with van der Waals surface area (Å²) in [5.41, 5.74) is 1.19. The lowest BCUT2D eigenvalue weighted by molar-refractivity contribution is 0.641. The minimum atomic E-state index is 0.615. The molecule has 0 aliphatic carbocycles. The molecule has 60 valence electrons. The van der Waals surface area contributed by atoms with Crippen LogP contribution in [0.4, 0.5) is 0 Å². The fourth-order valence-electron chi connectivity index (χ4n) is 1.34. The molecule has 2 rings (SSSR count). The summed E-state index contributed by atoms with van der Waals surface area (Å²) in [5.74, 6) is 0. The molecule has 0 aromatic carbocycles. The number of imidazole rings is 1. The van der Waals surface area contributed by atoms with Crippen LogP contribution in [0.25, 0.3) is 0 Å². The lowest BCUT2D eigenvalue weighted by atomic mass is 10.4. The first-order valence-corrected chi connectivity index (χ1v) is 4.16. The summed E-state index contributed by atoms with van der Waals surface area (Å²) in [6.07, 6.45) is 2.96. The second-order valence-corrected chi connectivity index (χ2v) is 3.04. The van der Waals surface area contributed by atoms with Crippen LogP contribution in [0.15, 0.2) is 6.20 Å². The molecule has 0 radical (unpaired) electrons. The van der Waals surface area contributed by atoms with Crippen molar-refractivity contribution in [1.29, 1.82) is 0 Å². The van der Waals surface area contributed by atoms with Gasteiger partial charge < -0.3 is 9.88 Å². The fourth-order valence-corrected chi connectivity index (χ4v) is 1.58. The van der Waals surface area contributed by atoms with Crippen molar-refractivity contribution in [3.63, 3.8) is 0 Å². The van der Waals surface area contributed by atoms with Crippen LogP contribution in [0.1, 0.15) is 12.1 Å². The topological polar surface area (TPSA) is 29.9 Å². The zero-order valence-corrected chi connectivity index (χ0v) is 6.93. The van der Waals surface area contributed by atoms with Gasteiger partial charge in [-0.1, -0.05) is 0 Å². The van der Waals surface area contributed by atoms with Crippen LogP contribution in [0.2, 0.25) is 5.28 Å². The van der Waals surface area contributed by atoms with Crippen molar-refractivity contribution >= 4 is 11.6 Å². The average molecular weight is 172 g/mol. The summed E-state index contributed by atoms with van der Waals surface area (Å²) in [4.78, 5) is 4.03. The van der Waals surface area contributed by atoms with Gasteiger partial charge in [0.2, 0.25) is 5.28 Å². The number of aromatic nitrogens is 2. The molecule has 1 aromatic heterocycles. The van der Waals surface area contributed by atoms with E-state index in [1.807, 2.05) is 6.20 Å². The standard InChI is InChI=1S/C7H10ClN3/c8-7-10-5-6-4-9-2-1-3-11(6)7/h5,9H,1-4H2. The highest BCUT2D eigenvalue weighted by molar-refractivity contribution is 6.28. The van der Waals surface area contributed by atoms with Gasteiger partial charge in [0.15, 0.2) is 0 Å². The molecule has 0 amide bonds. The zero-order valence-electron chi connectivity index (χ0n) is 6.18. The Hall–Kier alpha value is -0.540. The minimum absolute atomic E-state index is 0.615. The second kappa shape index (κ2) is 2.83. The molecule has 0 fully saturated rings. The van der Waals surface area contributed by atoms with Crippen molar-refractivity contribution in [3.8, 4) is 0 Å². The molecule has 1 aliphatic heterocycles. The molecular weight excluding hydrogens is 162 g/mol. The first-order valence-electron chi connectivity index (χ1n) is 3.78. The van der Waals surface area contributed by atoms with Gasteiger partial charge in [-0.15, -0.1) is 0 Å². The molecule has 0 saturated heterocycles. The summed E-state index contributed by atoms with van der Waals surface area (Å²) in [7, 11) is 0. The smallest absolute Gasteiger partial charge is 0.202 e. The molecule has 0 atom stereocenters. The van der Waals surface area contributed by atoms with Crippen LogP contribution < -0.4 is 5.32 Å². The van der Waals surface area contributed by atoms with Crippen LogP contribution in [-0.4, -0.2) is 16.1 Å². The molecule has 3 nitrogen and oxygen atoms in total. The van der Waals surface area contributed by atoms with Crippen molar-refractivity contribution in [1.82, 2.24) is 14.9 Å². The van der Waals surface area contributed by atoms with Gasteiger partial charge in [0.25, 0.3) is 0 Å². The monoisotopic (exact) mass is 171 g/mol. The largest absolute Gasteiger partial charge is 0.318 e. The molecule has 0 saturated carbocycles. The van der Waals surface area contributed by atoms with Crippen molar-refractivity contribution < 1.29 is 0 Å². The van der Waals surface area contributed by atoms with E-state index in [4.69, 9.17) is 11.6 Å². The summed E-state index contributed by atoms with van der Waals surface area (Å²) >= 11 is 5.85. The predicted molar refractivity (Wildman–Crippen MR) is 43.6 cm³/mol. The third kappa shape index (κ3) is 1.26. The van der Waals surface area contributed by atoms with Gasteiger partial charge in [0, 0.05) is 13.1 Å². The maximum Gasteiger partial charge on any atom is 0.202 e. The summed E-state index contributed by atoms with van der Waals surface area (Å²) in [5, 5.41) is 3.91. The van der Waals surface area contributed by atoms with Crippen LogP contribution in [0.3, 0.4) is 0 Å². The number of nitrogens with zero attached hydrogens (tertiary/aromatic N) is 2. The van der Waals surface area contributed by atoms with E-state index in [0.717, 1.165) is 26.1 Å². The Kier molecular flexibility index (Phi) is 1.84. The maximum absolute atomic E-state index is 5.85.